The van der Waals surface area contributed by atoms with Crippen LogP contribution in [-0.4, -0.2) is 61.2 Å². The van der Waals surface area contributed by atoms with Crippen molar-refractivity contribution in [2.75, 3.05) is 50.1 Å². The monoisotopic (exact) mass is 477 g/mol. The number of anilines is 2. The number of nitrogens with zero attached hydrogens (tertiary/aromatic N) is 4. The van der Waals surface area contributed by atoms with E-state index in [0.29, 0.717) is 49.7 Å². The van der Waals surface area contributed by atoms with Crippen LogP contribution >= 0.6 is 0 Å². The zero-order valence-corrected chi connectivity index (χ0v) is 21.2. The fourth-order valence-corrected chi connectivity index (χ4v) is 4.87. The standard InChI is InChI=1S/C27H35N5O3/c1-5-8-22-21-18-35-27(2,3)15-19(21)20(16-28)26(30-22)32-13-11-31(12-14-32)17-25(33)29-23-9-6-7-10-24(23)34-4/h6-7,9-10H,5,8,11-15,17-18H2,1-4H3,(H,29,33). The number of carbonyl (C=O) groups is 1. The summed E-state index contributed by atoms with van der Waals surface area (Å²) in [5.74, 6) is 1.36. The quantitative estimate of drug-likeness (QED) is 0.652. The van der Waals surface area contributed by atoms with Gasteiger partial charge in [0.1, 0.15) is 17.6 Å². The van der Waals surface area contributed by atoms with Crippen LogP contribution in [0.25, 0.3) is 0 Å². The lowest BCUT2D eigenvalue weighted by Crippen LogP contribution is -2.49. The molecule has 1 aromatic carbocycles. The smallest absolute Gasteiger partial charge is 0.238 e. The van der Waals surface area contributed by atoms with E-state index in [-0.39, 0.29) is 11.5 Å². The Morgan fingerprint density at radius 1 is 1.23 bits per heavy atom. The number of piperazine rings is 1. The molecule has 35 heavy (non-hydrogen) atoms. The average molecular weight is 478 g/mol. The second kappa shape index (κ2) is 10.6. The lowest BCUT2D eigenvalue weighted by Gasteiger charge is -2.38. The van der Waals surface area contributed by atoms with Gasteiger partial charge in [0.2, 0.25) is 5.91 Å². The third kappa shape index (κ3) is 5.58. The highest BCUT2D eigenvalue weighted by molar-refractivity contribution is 5.93. The summed E-state index contributed by atoms with van der Waals surface area (Å²) in [6, 6.07) is 9.86. The van der Waals surface area contributed by atoms with Gasteiger partial charge in [-0.2, -0.15) is 5.26 Å². The molecule has 3 heterocycles. The molecule has 1 aromatic heterocycles. The highest BCUT2D eigenvalue weighted by Gasteiger charge is 2.33. The zero-order valence-electron chi connectivity index (χ0n) is 21.2. The van der Waals surface area contributed by atoms with Crippen LogP contribution in [0.3, 0.4) is 0 Å². The van der Waals surface area contributed by atoms with Gasteiger partial charge in [0.05, 0.1) is 37.1 Å². The molecule has 2 aliphatic heterocycles. The van der Waals surface area contributed by atoms with Gasteiger partial charge >= 0.3 is 0 Å². The number of hydrogen-bond donors (Lipinski definition) is 1. The lowest BCUT2D eigenvalue weighted by atomic mass is 9.87. The number of fused-ring (bicyclic) bond motifs is 1. The van der Waals surface area contributed by atoms with Gasteiger partial charge in [-0.05, 0) is 38.0 Å². The van der Waals surface area contributed by atoms with Gasteiger partial charge in [-0.15, -0.1) is 0 Å². The Labute approximate surface area is 207 Å². The SMILES string of the molecule is CCCc1nc(N2CCN(CC(=O)Nc3ccccc3OC)CC2)c(C#N)c2c1COC(C)(C)C2. The van der Waals surface area contributed by atoms with Crippen molar-refractivity contribution in [1.29, 1.82) is 5.26 Å². The van der Waals surface area contributed by atoms with E-state index in [1.54, 1.807) is 7.11 Å². The lowest BCUT2D eigenvalue weighted by molar-refractivity contribution is -0.117. The molecule has 1 N–H and O–H groups in total. The largest absolute Gasteiger partial charge is 0.495 e. The highest BCUT2D eigenvalue weighted by Crippen LogP contribution is 2.36. The van der Waals surface area contributed by atoms with Gasteiger partial charge in [0.25, 0.3) is 0 Å². The Bertz CT molecular complexity index is 1120. The number of nitrogens with one attached hydrogen (secondary N) is 1. The molecule has 2 aromatic rings. The first kappa shape index (κ1) is 25.0. The van der Waals surface area contributed by atoms with Crippen molar-refractivity contribution in [3.63, 3.8) is 0 Å². The fraction of sp³-hybridized carbons (Fsp3) is 0.519. The Hall–Kier alpha value is -3.15. The first-order valence-electron chi connectivity index (χ1n) is 12.3. The first-order chi connectivity index (χ1) is 16.8. The summed E-state index contributed by atoms with van der Waals surface area (Å²) in [6.45, 7) is 9.99. The number of para-hydroxylation sites is 2. The van der Waals surface area contributed by atoms with Gasteiger partial charge in [0.15, 0.2) is 0 Å². The van der Waals surface area contributed by atoms with Crippen LogP contribution in [0.2, 0.25) is 0 Å². The van der Waals surface area contributed by atoms with E-state index < -0.39 is 0 Å². The summed E-state index contributed by atoms with van der Waals surface area (Å²) >= 11 is 0. The number of methoxy groups -OCH3 is 1. The van der Waals surface area contributed by atoms with Crippen LogP contribution in [-0.2, 0) is 29.0 Å². The van der Waals surface area contributed by atoms with Crippen molar-refractivity contribution >= 4 is 17.4 Å². The number of hydrogen-bond acceptors (Lipinski definition) is 7. The van der Waals surface area contributed by atoms with Crippen LogP contribution in [0.1, 0.15) is 49.6 Å². The van der Waals surface area contributed by atoms with E-state index in [0.717, 1.165) is 48.6 Å². The summed E-state index contributed by atoms with van der Waals surface area (Å²) in [5.41, 5.74) is 4.29. The molecule has 1 saturated heterocycles. The van der Waals surface area contributed by atoms with Crippen molar-refractivity contribution < 1.29 is 14.3 Å². The number of rotatable bonds is 7. The molecule has 2 aliphatic rings. The number of ether oxygens (including phenoxy) is 2. The minimum atomic E-state index is -0.297. The summed E-state index contributed by atoms with van der Waals surface area (Å²) in [5, 5.41) is 13.1. The van der Waals surface area contributed by atoms with Crippen LogP contribution in [0, 0.1) is 11.3 Å². The summed E-state index contributed by atoms with van der Waals surface area (Å²) in [6.07, 6.45) is 2.57. The van der Waals surface area contributed by atoms with Crippen molar-refractivity contribution in [3.05, 3.63) is 46.6 Å². The first-order valence-corrected chi connectivity index (χ1v) is 12.3. The van der Waals surface area contributed by atoms with E-state index in [2.05, 4.69) is 42.0 Å². The second-order valence-electron chi connectivity index (χ2n) is 9.81. The van der Waals surface area contributed by atoms with E-state index in [1.807, 2.05) is 24.3 Å². The number of aryl methyl sites for hydroxylation is 1. The predicted molar refractivity (Wildman–Crippen MR) is 136 cm³/mol. The zero-order chi connectivity index (χ0) is 25.0. The van der Waals surface area contributed by atoms with Gasteiger partial charge in [-0.1, -0.05) is 25.5 Å². The van der Waals surface area contributed by atoms with Gasteiger partial charge < -0.3 is 19.7 Å². The summed E-state index contributed by atoms with van der Waals surface area (Å²) in [4.78, 5) is 22.0. The van der Waals surface area contributed by atoms with Gasteiger partial charge in [-0.3, -0.25) is 9.69 Å². The molecule has 0 saturated carbocycles. The van der Waals surface area contributed by atoms with E-state index >= 15 is 0 Å². The minimum Gasteiger partial charge on any atom is -0.495 e. The maximum absolute atomic E-state index is 12.6. The molecule has 8 heteroatoms. The van der Waals surface area contributed by atoms with Crippen LogP contribution in [0.15, 0.2) is 24.3 Å². The molecule has 0 aliphatic carbocycles. The molecule has 4 rings (SSSR count). The Morgan fingerprint density at radius 3 is 2.66 bits per heavy atom. The maximum atomic E-state index is 12.6. The molecule has 1 amide bonds. The number of benzene rings is 1. The van der Waals surface area contributed by atoms with Crippen molar-refractivity contribution in [2.24, 2.45) is 0 Å². The topological polar surface area (TPSA) is 90.7 Å². The van der Waals surface area contributed by atoms with Crippen molar-refractivity contribution in [2.45, 2.75) is 52.2 Å². The number of amides is 1. The van der Waals surface area contributed by atoms with Gasteiger partial charge in [-0.25, -0.2) is 4.98 Å². The van der Waals surface area contributed by atoms with E-state index in [9.17, 15) is 10.1 Å². The molecule has 1 fully saturated rings. The molecule has 186 valence electrons. The minimum absolute atomic E-state index is 0.0694. The normalized spacial score (nSPS) is 17.4. The fourth-order valence-electron chi connectivity index (χ4n) is 4.87. The Kier molecular flexibility index (Phi) is 7.58. The van der Waals surface area contributed by atoms with Gasteiger partial charge in [0, 0.05) is 43.9 Å². The number of pyridine rings is 1. The molecular weight excluding hydrogens is 442 g/mol. The molecule has 8 nitrogen and oxygen atoms in total. The summed E-state index contributed by atoms with van der Waals surface area (Å²) in [7, 11) is 1.59. The second-order valence-corrected chi connectivity index (χ2v) is 9.81. The average Bonchev–Trinajstić information content (AvgIpc) is 2.84. The molecule has 0 spiro atoms. The van der Waals surface area contributed by atoms with E-state index in [4.69, 9.17) is 14.5 Å². The van der Waals surface area contributed by atoms with Crippen molar-refractivity contribution in [1.82, 2.24) is 9.88 Å². The third-order valence-electron chi connectivity index (χ3n) is 6.71. The molecule has 0 unspecified atom stereocenters. The molecular formula is C27H35N5O3. The summed E-state index contributed by atoms with van der Waals surface area (Å²) < 4.78 is 11.4. The number of nitriles is 1. The van der Waals surface area contributed by atoms with E-state index in [1.165, 1.54) is 0 Å². The molecule has 0 radical (unpaired) electrons. The number of aromatic nitrogens is 1. The predicted octanol–water partition coefficient (Wildman–Crippen LogP) is 3.53. The Morgan fingerprint density at radius 2 is 1.97 bits per heavy atom. The molecule has 0 atom stereocenters. The van der Waals surface area contributed by atoms with Crippen LogP contribution in [0.4, 0.5) is 11.5 Å². The Balaban J connectivity index is 1.46. The van der Waals surface area contributed by atoms with Crippen LogP contribution < -0.4 is 15.0 Å². The molecule has 0 bridgehead atoms. The van der Waals surface area contributed by atoms with Crippen LogP contribution in [0.5, 0.6) is 5.75 Å². The van der Waals surface area contributed by atoms with Crippen molar-refractivity contribution in [3.8, 4) is 11.8 Å². The third-order valence-corrected chi connectivity index (χ3v) is 6.71. The highest BCUT2D eigenvalue weighted by atomic mass is 16.5. The number of carbonyl (C=O) groups excluding carboxylic acids is 1. The maximum Gasteiger partial charge on any atom is 0.238 e.